The Labute approximate surface area is 81.7 Å². The summed E-state index contributed by atoms with van der Waals surface area (Å²) < 4.78 is 5.25. The summed E-state index contributed by atoms with van der Waals surface area (Å²) >= 11 is 0. The Hall–Kier alpha value is -1.98. The molecule has 0 aliphatic heterocycles. The third-order valence-corrected chi connectivity index (χ3v) is 1.46. The molecular formula is C8H13N5O. The van der Waals surface area contributed by atoms with Gasteiger partial charge in [0.2, 0.25) is 5.96 Å². The molecule has 6 heteroatoms. The van der Waals surface area contributed by atoms with Crippen molar-refractivity contribution in [3.8, 4) is 0 Å². The van der Waals surface area contributed by atoms with Crippen LogP contribution in [-0.4, -0.2) is 19.0 Å². The highest BCUT2D eigenvalue weighted by molar-refractivity contribution is 6.03. The van der Waals surface area contributed by atoms with Gasteiger partial charge in [-0.05, 0) is 13.0 Å². The van der Waals surface area contributed by atoms with Crippen LogP contribution in [0.2, 0.25) is 0 Å². The molecule has 5 N–H and O–H groups in total. The van der Waals surface area contributed by atoms with Crippen LogP contribution in [0.15, 0.2) is 21.5 Å². The van der Waals surface area contributed by atoms with E-state index in [1.54, 1.807) is 13.1 Å². The molecule has 0 fully saturated rings. The Morgan fingerprint density at radius 1 is 1.57 bits per heavy atom. The number of rotatable bonds is 1. The molecule has 0 saturated heterocycles. The molecule has 0 atom stereocenters. The zero-order valence-electron chi connectivity index (χ0n) is 8.09. The van der Waals surface area contributed by atoms with Gasteiger partial charge >= 0.3 is 0 Å². The second kappa shape index (κ2) is 4.31. The normalized spacial score (nSPS) is 11.1. The van der Waals surface area contributed by atoms with E-state index in [4.69, 9.17) is 15.6 Å². The van der Waals surface area contributed by atoms with E-state index >= 15 is 0 Å². The molecule has 0 amide bonds. The van der Waals surface area contributed by atoms with Crippen LogP contribution in [0.25, 0.3) is 0 Å². The molecule has 14 heavy (non-hydrogen) atoms. The van der Waals surface area contributed by atoms with Gasteiger partial charge in [0.25, 0.3) is 0 Å². The van der Waals surface area contributed by atoms with Crippen molar-refractivity contribution in [2.45, 2.75) is 6.92 Å². The lowest BCUT2D eigenvalue weighted by Crippen LogP contribution is -2.39. The molecule has 1 heterocycles. The number of anilines is 1. The molecule has 76 valence electrons. The largest absolute Gasteiger partial charge is 0.446 e. The lowest BCUT2D eigenvalue weighted by molar-refractivity contribution is 0.552. The summed E-state index contributed by atoms with van der Waals surface area (Å²) in [7, 11) is 1.58. The van der Waals surface area contributed by atoms with E-state index in [9.17, 15) is 0 Å². The minimum Gasteiger partial charge on any atom is -0.446 e. The fourth-order valence-electron chi connectivity index (χ4n) is 0.889. The number of nitrogens with one attached hydrogen (secondary N) is 3. The Morgan fingerprint density at radius 2 is 2.29 bits per heavy atom. The zero-order valence-corrected chi connectivity index (χ0v) is 8.09. The summed E-state index contributed by atoms with van der Waals surface area (Å²) in [6.07, 6.45) is 0. The Bertz CT molecular complexity index is 354. The van der Waals surface area contributed by atoms with E-state index in [1.165, 1.54) is 0 Å². The first-order valence-electron chi connectivity index (χ1n) is 4.03. The van der Waals surface area contributed by atoms with E-state index in [0.717, 1.165) is 5.76 Å². The van der Waals surface area contributed by atoms with E-state index in [1.807, 2.05) is 13.0 Å². The van der Waals surface area contributed by atoms with Crippen LogP contribution in [0.1, 0.15) is 5.76 Å². The van der Waals surface area contributed by atoms with E-state index in [2.05, 4.69) is 15.6 Å². The van der Waals surface area contributed by atoms with Crippen molar-refractivity contribution in [2.75, 3.05) is 12.4 Å². The van der Waals surface area contributed by atoms with Crippen molar-refractivity contribution < 1.29 is 4.42 Å². The van der Waals surface area contributed by atoms with Crippen molar-refractivity contribution in [1.82, 2.24) is 5.32 Å². The summed E-state index contributed by atoms with van der Waals surface area (Å²) in [5, 5.41) is 12.4. The molecule has 0 aliphatic rings. The van der Waals surface area contributed by atoms with Crippen LogP contribution in [0.3, 0.4) is 0 Å². The number of nitrogens with zero attached hydrogens (tertiary/aromatic N) is 1. The first kappa shape index (κ1) is 10.1. The van der Waals surface area contributed by atoms with Gasteiger partial charge in [0.15, 0.2) is 11.8 Å². The number of hydrogen-bond donors (Lipinski definition) is 4. The van der Waals surface area contributed by atoms with Gasteiger partial charge < -0.3 is 10.2 Å². The number of hydrogen-bond acceptors (Lipinski definition) is 3. The topological polar surface area (TPSA) is 99.4 Å². The second-order valence-corrected chi connectivity index (χ2v) is 2.65. The summed E-state index contributed by atoms with van der Waals surface area (Å²) in [4.78, 5) is 3.85. The van der Waals surface area contributed by atoms with Crippen LogP contribution >= 0.6 is 0 Å². The van der Waals surface area contributed by atoms with Gasteiger partial charge in [-0.15, -0.1) is 0 Å². The Morgan fingerprint density at radius 3 is 2.71 bits per heavy atom. The molecule has 0 aromatic carbocycles. The summed E-state index contributed by atoms with van der Waals surface area (Å²) in [6, 6.07) is 3.59. The van der Waals surface area contributed by atoms with Gasteiger partial charge in [-0.3, -0.25) is 21.0 Å². The third-order valence-electron chi connectivity index (χ3n) is 1.46. The molecule has 0 aliphatic carbocycles. The highest BCUT2D eigenvalue weighted by atomic mass is 16.4. The van der Waals surface area contributed by atoms with Crippen molar-refractivity contribution in [3.63, 3.8) is 0 Å². The van der Waals surface area contributed by atoms with Crippen molar-refractivity contribution in [1.29, 1.82) is 5.41 Å². The van der Waals surface area contributed by atoms with Gasteiger partial charge in [-0.25, -0.2) is 0 Å². The van der Waals surface area contributed by atoms with Crippen molar-refractivity contribution in [3.05, 3.63) is 17.9 Å². The number of nitrogens with two attached hydrogens (primary N) is 1. The SMILES string of the molecule is C/N=C(/NC(=N)N)Nc1ccc(C)o1. The molecule has 1 aromatic rings. The first-order valence-corrected chi connectivity index (χ1v) is 4.03. The van der Waals surface area contributed by atoms with Gasteiger partial charge in [-0.1, -0.05) is 0 Å². The molecule has 6 nitrogen and oxygen atoms in total. The molecule has 0 bridgehead atoms. The van der Waals surface area contributed by atoms with E-state index in [-0.39, 0.29) is 5.96 Å². The average Bonchev–Trinajstić information content (AvgIpc) is 2.49. The highest BCUT2D eigenvalue weighted by Gasteiger charge is 2.02. The first-order chi connectivity index (χ1) is 6.61. The van der Waals surface area contributed by atoms with Gasteiger partial charge in [0, 0.05) is 13.1 Å². The quantitative estimate of drug-likeness (QED) is 0.386. The minimum atomic E-state index is -0.179. The fraction of sp³-hybridized carbons (Fsp3) is 0.250. The second-order valence-electron chi connectivity index (χ2n) is 2.65. The molecule has 1 aromatic heterocycles. The number of furan rings is 1. The van der Waals surface area contributed by atoms with Crippen LogP contribution in [0.5, 0.6) is 0 Å². The number of aryl methyl sites for hydroxylation is 1. The van der Waals surface area contributed by atoms with Gasteiger partial charge in [-0.2, -0.15) is 0 Å². The molecule has 0 saturated carbocycles. The maximum atomic E-state index is 7.01. The van der Waals surface area contributed by atoms with Crippen LogP contribution < -0.4 is 16.4 Å². The van der Waals surface area contributed by atoms with Crippen LogP contribution in [0.4, 0.5) is 5.88 Å². The van der Waals surface area contributed by atoms with E-state index in [0.29, 0.717) is 11.8 Å². The predicted molar refractivity (Wildman–Crippen MR) is 55.5 cm³/mol. The zero-order chi connectivity index (χ0) is 10.6. The van der Waals surface area contributed by atoms with E-state index < -0.39 is 0 Å². The standard InChI is InChI=1S/C8H13N5O/c1-5-3-4-6(14-5)12-8(11-2)13-7(9)10/h3-4H,1-2H3,(H5,9,10,11,12,13). The predicted octanol–water partition coefficient (Wildman–Crippen LogP) is 0.469. The monoisotopic (exact) mass is 195 g/mol. The maximum absolute atomic E-state index is 7.01. The lowest BCUT2D eigenvalue weighted by atomic mass is 10.5. The third kappa shape index (κ3) is 2.81. The van der Waals surface area contributed by atoms with Crippen LogP contribution in [0, 0.1) is 12.3 Å². The Kier molecular flexibility index (Phi) is 3.11. The van der Waals surface area contributed by atoms with Crippen LogP contribution in [-0.2, 0) is 0 Å². The fourth-order valence-corrected chi connectivity index (χ4v) is 0.889. The molecular weight excluding hydrogens is 182 g/mol. The number of aliphatic imine (C=N–C) groups is 1. The maximum Gasteiger partial charge on any atom is 0.204 e. The molecule has 0 unspecified atom stereocenters. The smallest absolute Gasteiger partial charge is 0.204 e. The highest BCUT2D eigenvalue weighted by Crippen LogP contribution is 2.11. The summed E-state index contributed by atoms with van der Waals surface area (Å²) in [5.74, 6) is 1.54. The Balaban J connectivity index is 2.62. The van der Waals surface area contributed by atoms with Crippen molar-refractivity contribution >= 4 is 17.8 Å². The molecule has 0 spiro atoms. The summed E-state index contributed by atoms with van der Waals surface area (Å²) in [5.41, 5.74) is 5.15. The summed E-state index contributed by atoms with van der Waals surface area (Å²) in [6.45, 7) is 1.84. The lowest BCUT2D eigenvalue weighted by Gasteiger charge is -2.07. The molecule has 0 radical (unpaired) electrons. The van der Waals surface area contributed by atoms with Crippen molar-refractivity contribution in [2.24, 2.45) is 10.7 Å². The van der Waals surface area contributed by atoms with Gasteiger partial charge in [0.05, 0.1) is 0 Å². The average molecular weight is 195 g/mol. The minimum absolute atomic E-state index is 0.179. The van der Waals surface area contributed by atoms with Gasteiger partial charge in [0.1, 0.15) is 5.76 Å². The molecule has 1 rings (SSSR count). The number of guanidine groups is 2.